The molecule has 1 atom stereocenters. The Morgan fingerprint density at radius 2 is 2.12 bits per heavy atom. The highest BCUT2D eigenvalue weighted by molar-refractivity contribution is 6.09. The van der Waals surface area contributed by atoms with E-state index in [1.807, 2.05) is 18.7 Å². The lowest BCUT2D eigenvalue weighted by molar-refractivity contribution is 0.0729. The summed E-state index contributed by atoms with van der Waals surface area (Å²) in [5.41, 5.74) is 2.72. The summed E-state index contributed by atoms with van der Waals surface area (Å²) in [6.07, 6.45) is 5.26. The summed E-state index contributed by atoms with van der Waals surface area (Å²) in [6, 6.07) is -0.0482. The molecule has 2 aromatic heterocycles. The predicted octanol–water partition coefficient (Wildman–Crippen LogP) is 3.38. The number of Topliss-reactive ketones (excluding diaryl/α,β-unsaturated/α-hetero) is 1. The van der Waals surface area contributed by atoms with E-state index < -0.39 is 0 Å². The molecule has 24 heavy (non-hydrogen) atoms. The summed E-state index contributed by atoms with van der Waals surface area (Å²) in [5.74, 6) is 1.30. The lowest BCUT2D eigenvalue weighted by Gasteiger charge is -2.25. The van der Waals surface area contributed by atoms with E-state index in [4.69, 9.17) is 8.94 Å². The minimum atomic E-state index is -0.127. The van der Waals surface area contributed by atoms with E-state index in [0.29, 0.717) is 29.9 Å². The van der Waals surface area contributed by atoms with E-state index >= 15 is 0 Å². The van der Waals surface area contributed by atoms with Crippen LogP contribution in [0.3, 0.4) is 0 Å². The fourth-order valence-electron chi connectivity index (χ4n) is 4.01. The number of aromatic nitrogens is 1. The molecule has 3 heterocycles. The number of hydrogen-bond donors (Lipinski definition) is 0. The van der Waals surface area contributed by atoms with Crippen molar-refractivity contribution in [2.24, 2.45) is 0 Å². The Kier molecular flexibility index (Phi) is 3.55. The second-order valence-corrected chi connectivity index (χ2v) is 6.62. The van der Waals surface area contributed by atoms with Gasteiger partial charge in [-0.1, -0.05) is 5.16 Å². The number of aryl methyl sites for hydroxylation is 3. The largest absolute Gasteiger partial charge is 0.468 e. The molecular weight excluding hydrogens is 308 g/mol. The second-order valence-electron chi connectivity index (χ2n) is 6.62. The normalized spacial score (nSPS) is 20.5. The third kappa shape index (κ3) is 2.20. The quantitative estimate of drug-likeness (QED) is 0.844. The van der Waals surface area contributed by atoms with Crippen molar-refractivity contribution in [3.63, 3.8) is 0 Å². The van der Waals surface area contributed by atoms with Crippen LogP contribution in [-0.4, -0.2) is 28.3 Å². The fourth-order valence-corrected chi connectivity index (χ4v) is 4.01. The Morgan fingerprint density at radius 3 is 2.88 bits per heavy atom. The summed E-state index contributed by atoms with van der Waals surface area (Å²) >= 11 is 0. The molecule has 1 saturated heterocycles. The molecule has 1 fully saturated rings. The van der Waals surface area contributed by atoms with Crippen LogP contribution in [0.4, 0.5) is 0 Å². The van der Waals surface area contributed by atoms with Crippen LogP contribution in [0.5, 0.6) is 0 Å². The van der Waals surface area contributed by atoms with Gasteiger partial charge in [0.25, 0.3) is 5.91 Å². The standard InChI is InChI=1S/C18H20N2O4/c1-10-16(11(2)24-19-10)13-5-4-8-20(13)18(22)12-9-23-15-7-3-6-14(21)17(12)15/h9,13H,3-8H2,1-2H3. The highest BCUT2D eigenvalue weighted by Gasteiger charge is 2.37. The lowest BCUT2D eigenvalue weighted by Crippen LogP contribution is -2.32. The first-order valence-electron chi connectivity index (χ1n) is 8.45. The van der Waals surface area contributed by atoms with Gasteiger partial charge >= 0.3 is 0 Å². The van der Waals surface area contributed by atoms with Crippen molar-refractivity contribution in [1.82, 2.24) is 10.1 Å². The minimum absolute atomic E-state index is 0.0152. The lowest BCUT2D eigenvalue weighted by atomic mass is 9.93. The van der Waals surface area contributed by atoms with Gasteiger partial charge in [0.2, 0.25) is 0 Å². The number of fused-ring (bicyclic) bond motifs is 1. The number of ketones is 1. The van der Waals surface area contributed by atoms with Gasteiger partial charge in [-0.3, -0.25) is 9.59 Å². The Morgan fingerprint density at radius 1 is 1.29 bits per heavy atom. The van der Waals surface area contributed by atoms with Gasteiger partial charge < -0.3 is 13.8 Å². The van der Waals surface area contributed by atoms with Gasteiger partial charge in [-0.25, -0.2) is 0 Å². The predicted molar refractivity (Wildman–Crippen MR) is 85.0 cm³/mol. The van der Waals surface area contributed by atoms with Crippen LogP contribution < -0.4 is 0 Å². The van der Waals surface area contributed by atoms with Crippen molar-refractivity contribution in [3.05, 3.63) is 40.2 Å². The number of amides is 1. The molecule has 0 spiro atoms. The summed E-state index contributed by atoms with van der Waals surface area (Å²) in [4.78, 5) is 27.2. The first-order valence-corrected chi connectivity index (χ1v) is 8.45. The van der Waals surface area contributed by atoms with E-state index in [0.717, 1.165) is 42.7 Å². The second kappa shape index (κ2) is 5.61. The molecule has 1 amide bonds. The van der Waals surface area contributed by atoms with Crippen molar-refractivity contribution in [2.45, 2.75) is 52.0 Å². The van der Waals surface area contributed by atoms with E-state index in [1.54, 1.807) is 0 Å². The van der Waals surface area contributed by atoms with E-state index in [2.05, 4.69) is 5.16 Å². The van der Waals surface area contributed by atoms with Crippen LogP contribution in [0.15, 0.2) is 15.2 Å². The molecule has 4 rings (SSSR count). The molecule has 6 heteroatoms. The van der Waals surface area contributed by atoms with Gasteiger partial charge in [-0.15, -0.1) is 0 Å². The van der Waals surface area contributed by atoms with Crippen LogP contribution in [0, 0.1) is 13.8 Å². The molecule has 0 aromatic carbocycles. The van der Waals surface area contributed by atoms with Crippen molar-refractivity contribution < 1.29 is 18.5 Å². The SMILES string of the molecule is Cc1noc(C)c1C1CCCN1C(=O)c1coc2c1C(=O)CCC2. The summed E-state index contributed by atoms with van der Waals surface area (Å²) in [7, 11) is 0. The number of nitrogens with zero attached hydrogens (tertiary/aromatic N) is 2. The fraction of sp³-hybridized carbons (Fsp3) is 0.500. The van der Waals surface area contributed by atoms with Crippen molar-refractivity contribution in [3.8, 4) is 0 Å². The van der Waals surface area contributed by atoms with E-state index in [9.17, 15) is 9.59 Å². The topological polar surface area (TPSA) is 76.6 Å². The average molecular weight is 328 g/mol. The molecule has 0 radical (unpaired) electrons. The first-order chi connectivity index (χ1) is 11.6. The molecule has 1 aliphatic heterocycles. The molecule has 0 saturated carbocycles. The van der Waals surface area contributed by atoms with Gasteiger partial charge in [0.15, 0.2) is 5.78 Å². The zero-order valence-corrected chi connectivity index (χ0v) is 13.9. The maximum Gasteiger partial charge on any atom is 0.258 e. The number of likely N-dealkylation sites (tertiary alicyclic amines) is 1. The average Bonchev–Trinajstić information content (AvgIpc) is 3.26. The third-order valence-corrected chi connectivity index (χ3v) is 5.12. The number of furan rings is 1. The molecule has 126 valence electrons. The van der Waals surface area contributed by atoms with E-state index in [-0.39, 0.29) is 17.7 Å². The smallest absolute Gasteiger partial charge is 0.258 e. The minimum Gasteiger partial charge on any atom is -0.468 e. The Balaban J connectivity index is 1.70. The third-order valence-electron chi connectivity index (χ3n) is 5.12. The molecule has 1 unspecified atom stereocenters. The van der Waals surface area contributed by atoms with Crippen LogP contribution in [0.2, 0.25) is 0 Å². The van der Waals surface area contributed by atoms with Gasteiger partial charge in [0.05, 0.1) is 22.9 Å². The number of hydrogen-bond acceptors (Lipinski definition) is 5. The molecule has 0 bridgehead atoms. The zero-order chi connectivity index (χ0) is 16.8. The maximum absolute atomic E-state index is 13.1. The molecular formula is C18H20N2O4. The van der Waals surface area contributed by atoms with Crippen molar-refractivity contribution in [2.75, 3.05) is 6.54 Å². The number of carbonyl (C=O) groups is 2. The summed E-state index contributed by atoms with van der Waals surface area (Å²) < 4.78 is 10.8. The van der Waals surface area contributed by atoms with Gasteiger partial charge in [-0.2, -0.15) is 0 Å². The number of rotatable bonds is 2. The highest BCUT2D eigenvalue weighted by atomic mass is 16.5. The zero-order valence-electron chi connectivity index (χ0n) is 13.9. The highest BCUT2D eigenvalue weighted by Crippen LogP contribution is 2.37. The maximum atomic E-state index is 13.1. The molecule has 2 aliphatic rings. The van der Waals surface area contributed by atoms with Gasteiger partial charge in [0, 0.05) is 24.9 Å². The van der Waals surface area contributed by atoms with Gasteiger partial charge in [-0.05, 0) is 33.1 Å². The summed E-state index contributed by atoms with van der Waals surface area (Å²) in [6.45, 7) is 4.44. The Labute approximate surface area is 139 Å². The summed E-state index contributed by atoms with van der Waals surface area (Å²) in [5, 5.41) is 4.01. The monoisotopic (exact) mass is 328 g/mol. The molecule has 1 aliphatic carbocycles. The molecule has 2 aromatic rings. The van der Waals surface area contributed by atoms with Crippen LogP contribution in [-0.2, 0) is 6.42 Å². The Hall–Kier alpha value is -2.37. The number of carbonyl (C=O) groups excluding carboxylic acids is 2. The molecule has 0 N–H and O–H groups in total. The van der Waals surface area contributed by atoms with Gasteiger partial charge in [0.1, 0.15) is 17.8 Å². The van der Waals surface area contributed by atoms with Crippen molar-refractivity contribution >= 4 is 11.7 Å². The Bertz CT molecular complexity index is 798. The van der Waals surface area contributed by atoms with Crippen LogP contribution in [0.1, 0.15) is 75.2 Å². The van der Waals surface area contributed by atoms with Crippen molar-refractivity contribution in [1.29, 1.82) is 0 Å². The first kappa shape index (κ1) is 15.2. The molecule has 6 nitrogen and oxygen atoms in total. The van der Waals surface area contributed by atoms with Crippen LogP contribution >= 0.6 is 0 Å². The van der Waals surface area contributed by atoms with Crippen LogP contribution in [0.25, 0.3) is 0 Å². The van der Waals surface area contributed by atoms with E-state index in [1.165, 1.54) is 6.26 Å².